The molecule has 3 rings (SSSR count). The summed E-state index contributed by atoms with van der Waals surface area (Å²) in [5.41, 5.74) is 3.72. The smallest absolute Gasteiger partial charge is 0.175 e. The van der Waals surface area contributed by atoms with E-state index in [0.717, 1.165) is 47.6 Å². The number of imidazole rings is 1. The minimum absolute atomic E-state index is 0.536. The molecule has 0 amide bonds. The molecule has 0 unspecified atom stereocenters. The van der Waals surface area contributed by atoms with Crippen LogP contribution in [0.4, 0.5) is 11.4 Å². The van der Waals surface area contributed by atoms with E-state index in [2.05, 4.69) is 27.5 Å². The summed E-state index contributed by atoms with van der Waals surface area (Å²) in [5.74, 6) is 0.873. The number of H-pyrrole nitrogens is 1. The number of nitrogens with one attached hydrogen (secondary N) is 3. The fraction of sp³-hybridized carbons (Fsp3) is 0.222. The third-order valence-corrected chi connectivity index (χ3v) is 3.76. The van der Waals surface area contributed by atoms with E-state index in [1.54, 1.807) is 6.33 Å². The fourth-order valence-corrected chi connectivity index (χ4v) is 2.51. The number of fused-ring (bicyclic) bond motifs is 1. The van der Waals surface area contributed by atoms with Crippen molar-refractivity contribution in [2.45, 2.75) is 19.8 Å². The Hall–Kier alpha value is -2.60. The highest BCUT2D eigenvalue weighted by atomic mass is 32.1. The maximum absolute atomic E-state index is 5.65. The summed E-state index contributed by atoms with van der Waals surface area (Å²) in [6.45, 7) is 2.90. The van der Waals surface area contributed by atoms with Gasteiger partial charge in [-0.1, -0.05) is 13.3 Å². The Morgan fingerprint density at radius 2 is 1.88 bits per heavy atom. The molecule has 24 heavy (non-hydrogen) atoms. The average Bonchev–Trinajstić information content (AvgIpc) is 3.04. The summed E-state index contributed by atoms with van der Waals surface area (Å²) in [5, 5.41) is 6.87. The molecule has 0 radical (unpaired) electrons. The van der Waals surface area contributed by atoms with Crippen molar-refractivity contribution in [2.24, 2.45) is 0 Å². The van der Waals surface area contributed by atoms with Crippen molar-refractivity contribution in [2.75, 3.05) is 17.2 Å². The molecular formula is C18H20N4OS. The summed E-state index contributed by atoms with van der Waals surface area (Å²) in [6, 6.07) is 13.7. The zero-order valence-electron chi connectivity index (χ0n) is 13.5. The molecule has 0 atom stereocenters. The number of thiocarbonyl (C=S) groups is 1. The van der Waals surface area contributed by atoms with Crippen molar-refractivity contribution in [3.05, 3.63) is 48.8 Å². The Kier molecular flexibility index (Phi) is 5.28. The Morgan fingerprint density at radius 3 is 2.67 bits per heavy atom. The molecule has 1 heterocycles. The Morgan fingerprint density at radius 1 is 1.12 bits per heavy atom. The number of benzene rings is 2. The number of unbranched alkanes of at least 4 members (excludes halogenated alkanes) is 1. The number of rotatable bonds is 6. The van der Waals surface area contributed by atoms with Gasteiger partial charge in [0.05, 0.1) is 24.0 Å². The van der Waals surface area contributed by atoms with E-state index < -0.39 is 0 Å². The number of nitrogens with zero attached hydrogens (tertiary/aromatic N) is 1. The van der Waals surface area contributed by atoms with Crippen LogP contribution in [-0.4, -0.2) is 21.7 Å². The van der Waals surface area contributed by atoms with Gasteiger partial charge >= 0.3 is 0 Å². The highest BCUT2D eigenvalue weighted by molar-refractivity contribution is 7.80. The lowest BCUT2D eigenvalue weighted by atomic mass is 10.3. The van der Waals surface area contributed by atoms with Crippen LogP contribution in [0, 0.1) is 0 Å². The highest BCUT2D eigenvalue weighted by Gasteiger charge is 2.02. The summed E-state index contributed by atoms with van der Waals surface area (Å²) in [7, 11) is 0. The molecule has 0 spiro atoms. The molecular weight excluding hydrogens is 320 g/mol. The molecule has 0 saturated heterocycles. The summed E-state index contributed by atoms with van der Waals surface area (Å²) >= 11 is 5.36. The van der Waals surface area contributed by atoms with Crippen molar-refractivity contribution in [1.82, 2.24) is 9.97 Å². The maximum atomic E-state index is 5.65. The van der Waals surface area contributed by atoms with Crippen LogP contribution in [0.2, 0.25) is 0 Å². The van der Waals surface area contributed by atoms with E-state index in [0.29, 0.717) is 5.11 Å². The molecule has 0 aliphatic carbocycles. The predicted molar refractivity (Wildman–Crippen MR) is 103 cm³/mol. The first-order valence-electron chi connectivity index (χ1n) is 7.98. The number of anilines is 2. The van der Waals surface area contributed by atoms with Gasteiger partial charge in [-0.25, -0.2) is 4.98 Å². The predicted octanol–water partition coefficient (Wildman–Crippen LogP) is 4.55. The highest BCUT2D eigenvalue weighted by Crippen LogP contribution is 2.18. The summed E-state index contributed by atoms with van der Waals surface area (Å²) in [4.78, 5) is 7.28. The van der Waals surface area contributed by atoms with Gasteiger partial charge in [-0.05, 0) is 61.1 Å². The summed E-state index contributed by atoms with van der Waals surface area (Å²) in [6.07, 6.45) is 3.87. The molecule has 5 nitrogen and oxygen atoms in total. The van der Waals surface area contributed by atoms with Gasteiger partial charge in [-0.3, -0.25) is 0 Å². The van der Waals surface area contributed by atoms with Crippen LogP contribution in [0.15, 0.2) is 48.8 Å². The zero-order valence-corrected chi connectivity index (χ0v) is 14.3. The number of aromatic nitrogens is 2. The third-order valence-electron chi connectivity index (χ3n) is 3.56. The van der Waals surface area contributed by atoms with Crippen molar-refractivity contribution < 1.29 is 4.74 Å². The fourth-order valence-electron chi connectivity index (χ4n) is 2.28. The summed E-state index contributed by atoms with van der Waals surface area (Å²) < 4.78 is 5.65. The van der Waals surface area contributed by atoms with Crippen LogP contribution in [0.3, 0.4) is 0 Å². The molecule has 0 saturated carbocycles. The molecule has 2 aromatic carbocycles. The van der Waals surface area contributed by atoms with E-state index in [1.807, 2.05) is 42.5 Å². The van der Waals surface area contributed by atoms with Gasteiger partial charge in [-0.2, -0.15) is 0 Å². The van der Waals surface area contributed by atoms with Crippen molar-refractivity contribution in [3.63, 3.8) is 0 Å². The lowest BCUT2D eigenvalue weighted by Gasteiger charge is -2.11. The molecule has 3 aromatic rings. The lowest BCUT2D eigenvalue weighted by Crippen LogP contribution is -2.18. The monoisotopic (exact) mass is 340 g/mol. The molecule has 0 aliphatic heterocycles. The second-order valence-electron chi connectivity index (χ2n) is 5.44. The van der Waals surface area contributed by atoms with Gasteiger partial charge < -0.3 is 20.4 Å². The zero-order chi connectivity index (χ0) is 16.8. The Balaban J connectivity index is 1.56. The SMILES string of the molecule is CCCCOc1ccc(NC(=S)Nc2ccc3nc[nH]c3c2)cc1. The minimum atomic E-state index is 0.536. The first kappa shape index (κ1) is 16.3. The van der Waals surface area contributed by atoms with Crippen LogP contribution in [-0.2, 0) is 0 Å². The van der Waals surface area contributed by atoms with Crippen molar-refractivity contribution >= 4 is 39.7 Å². The van der Waals surface area contributed by atoms with Crippen LogP contribution < -0.4 is 15.4 Å². The standard InChI is InChI=1S/C18H20N4OS/c1-2-3-10-23-15-7-4-13(5-8-15)21-18(24)22-14-6-9-16-17(11-14)20-12-19-16/h4-9,11-12H,2-3,10H2,1H3,(H,19,20)(H2,21,22,24). The van der Waals surface area contributed by atoms with Crippen LogP contribution in [0.5, 0.6) is 5.75 Å². The molecule has 0 fully saturated rings. The van der Waals surface area contributed by atoms with Gasteiger partial charge in [0, 0.05) is 11.4 Å². The molecule has 1 aromatic heterocycles. The number of aromatic amines is 1. The van der Waals surface area contributed by atoms with E-state index >= 15 is 0 Å². The number of hydrogen-bond acceptors (Lipinski definition) is 3. The quantitative estimate of drug-likeness (QED) is 0.454. The van der Waals surface area contributed by atoms with Crippen molar-refractivity contribution in [3.8, 4) is 5.75 Å². The molecule has 6 heteroatoms. The van der Waals surface area contributed by atoms with Gasteiger partial charge in [0.15, 0.2) is 5.11 Å². The molecule has 124 valence electrons. The van der Waals surface area contributed by atoms with E-state index in [1.165, 1.54) is 0 Å². The Labute approximate surface area is 146 Å². The van der Waals surface area contributed by atoms with Gasteiger partial charge in [-0.15, -0.1) is 0 Å². The molecule has 0 bridgehead atoms. The van der Waals surface area contributed by atoms with E-state index in [9.17, 15) is 0 Å². The van der Waals surface area contributed by atoms with Crippen LogP contribution in [0.1, 0.15) is 19.8 Å². The molecule has 3 N–H and O–H groups in total. The second kappa shape index (κ2) is 7.79. The van der Waals surface area contributed by atoms with Gasteiger partial charge in [0.25, 0.3) is 0 Å². The number of ether oxygens (including phenoxy) is 1. The number of hydrogen-bond donors (Lipinski definition) is 3. The van der Waals surface area contributed by atoms with Crippen molar-refractivity contribution in [1.29, 1.82) is 0 Å². The lowest BCUT2D eigenvalue weighted by molar-refractivity contribution is 0.309. The normalized spacial score (nSPS) is 10.5. The Bertz CT molecular complexity index is 813. The minimum Gasteiger partial charge on any atom is -0.494 e. The van der Waals surface area contributed by atoms with E-state index in [4.69, 9.17) is 17.0 Å². The third kappa shape index (κ3) is 4.23. The molecule has 0 aliphatic rings. The average molecular weight is 340 g/mol. The van der Waals surface area contributed by atoms with E-state index in [-0.39, 0.29) is 0 Å². The van der Waals surface area contributed by atoms with Gasteiger partial charge in [0.1, 0.15) is 5.75 Å². The van der Waals surface area contributed by atoms with Crippen LogP contribution >= 0.6 is 12.2 Å². The van der Waals surface area contributed by atoms with Crippen LogP contribution in [0.25, 0.3) is 11.0 Å². The first-order chi connectivity index (χ1) is 11.7. The van der Waals surface area contributed by atoms with Gasteiger partial charge in [0.2, 0.25) is 0 Å². The first-order valence-corrected chi connectivity index (χ1v) is 8.39. The second-order valence-corrected chi connectivity index (χ2v) is 5.85. The largest absolute Gasteiger partial charge is 0.494 e. The maximum Gasteiger partial charge on any atom is 0.175 e. The topological polar surface area (TPSA) is 62.0 Å².